The lowest BCUT2D eigenvalue weighted by atomic mass is 10.0. The van der Waals surface area contributed by atoms with Crippen LogP contribution in [0.4, 0.5) is 0 Å². The highest BCUT2D eigenvalue weighted by Gasteiger charge is 2.22. The van der Waals surface area contributed by atoms with Crippen molar-refractivity contribution in [1.82, 2.24) is 0 Å². The molecule has 0 fully saturated rings. The first-order valence-electron chi connectivity index (χ1n) is 42.7. The summed E-state index contributed by atoms with van der Waals surface area (Å²) in [4.78, 5) is 38.2. The number of likely N-dealkylation sites (N-methyl/N-ethyl adjacent to an activating group) is 1. The first kappa shape index (κ1) is 94.2. The summed E-state index contributed by atoms with van der Waals surface area (Å²) >= 11 is 0. The second kappa shape index (κ2) is 77.4. The number of quaternary nitrogens is 1. The maximum absolute atomic E-state index is 12.9. The normalized spacial score (nSPS) is 13.1. The molecular formula is C86H166NO8P. The number of esters is 2. The molecule has 0 aliphatic rings. The number of hydrogen-bond donors (Lipinski definition) is 0. The lowest BCUT2D eigenvalue weighted by molar-refractivity contribution is -0.870. The Hall–Kier alpha value is -1.77. The highest BCUT2D eigenvalue weighted by molar-refractivity contribution is 7.45. The number of carbonyl (C=O) groups excluding carboxylic acids is 2. The van der Waals surface area contributed by atoms with Crippen molar-refractivity contribution in [3.8, 4) is 0 Å². The van der Waals surface area contributed by atoms with Gasteiger partial charge in [-0.3, -0.25) is 14.2 Å². The van der Waals surface area contributed by atoms with Crippen LogP contribution < -0.4 is 4.89 Å². The molecule has 0 rings (SSSR count). The van der Waals surface area contributed by atoms with E-state index in [1.165, 1.54) is 379 Å². The fourth-order valence-corrected chi connectivity index (χ4v) is 13.8. The zero-order valence-corrected chi connectivity index (χ0v) is 66.0. The number of carbonyl (C=O) groups is 2. The monoisotopic (exact) mass is 1370 g/mol. The molecule has 0 heterocycles. The van der Waals surface area contributed by atoms with E-state index in [2.05, 4.69) is 50.3 Å². The Kier molecular flexibility index (Phi) is 76.0. The zero-order valence-electron chi connectivity index (χ0n) is 65.1. The van der Waals surface area contributed by atoms with Gasteiger partial charge in [-0.15, -0.1) is 0 Å². The molecule has 0 aliphatic carbocycles. The molecule has 0 saturated carbocycles. The van der Waals surface area contributed by atoms with Crippen molar-refractivity contribution in [3.05, 3.63) is 36.5 Å². The van der Waals surface area contributed by atoms with Gasteiger partial charge in [0.2, 0.25) is 0 Å². The number of rotatable bonds is 81. The third-order valence-electron chi connectivity index (χ3n) is 19.6. The minimum Gasteiger partial charge on any atom is -0.756 e. The number of allylic oxidation sites excluding steroid dienone is 6. The Labute approximate surface area is 599 Å². The van der Waals surface area contributed by atoms with Gasteiger partial charge in [-0.05, 0) is 70.6 Å². The lowest BCUT2D eigenvalue weighted by Gasteiger charge is -2.28. The van der Waals surface area contributed by atoms with Crippen LogP contribution in [0.25, 0.3) is 0 Å². The summed E-state index contributed by atoms with van der Waals surface area (Å²) in [5.41, 5.74) is 0. The van der Waals surface area contributed by atoms with Crippen LogP contribution in [0.3, 0.4) is 0 Å². The summed E-state index contributed by atoms with van der Waals surface area (Å²) in [5, 5.41) is 0. The molecule has 0 aliphatic heterocycles. The summed E-state index contributed by atoms with van der Waals surface area (Å²) < 4.78 is 34.5. The lowest BCUT2D eigenvalue weighted by Crippen LogP contribution is -2.37. The molecule has 0 radical (unpaired) electrons. The summed E-state index contributed by atoms with van der Waals surface area (Å²) in [6, 6.07) is 0. The molecule has 2 atom stereocenters. The van der Waals surface area contributed by atoms with Crippen LogP contribution >= 0.6 is 7.82 Å². The van der Waals surface area contributed by atoms with Gasteiger partial charge in [0.15, 0.2) is 6.10 Å². The van der Waals surface area contributed by atoms with Crippen molar-refractivity contribution in [2.75, 3.05) is 47.5 Å². The predicted molar refractivity (Wildman–Crippen MR) is 416 cm³/mol. The maximum atomic E-state index is 12.9. The molecule has 0 amide bonds. The van der Waals surface area contributed by atoms with E-state index >= 15 is 0 Å². The Morgan fingerprint density at radius 3 is 0.833 bits per heavy atom. The van der Waals surface area contributed by atoms with Gasteiger partial charge in [-0.1, -0.05) is 403 Å². The fourth-order valence-electron chi connectivity index (χ4n) is 13.1. The highest BCUT2D eigenvalue weighted by atomic mass is 31.2. The third kappa shape index (κ3) is 81.2. The van der Waals surface area contributed by atoms with Gasteiger partial charge in [0, 0.05) is 12.8 Å². The van der Waals surface area contributed by atoms with Crippen molar-refractivity contribution in [2.24, 2.45) is 0 Å². The zero-order chi connectivity index (χ0) is 69.7. The van der Waals surface area contributed by atoms with Crippen LogP contribution in [-0.4, -0.2) is 70.0 Å². The number of ether oxygens (including phenoxy) is 2. The van der Waals surface area contributed by atoms with E-state index in [-0.39, 0.29) is 32.0 Å². The first-order chi connectivity index (χ1) is 47.0. The molecule has 568 valence electrons. The largest absolute Gasteiger partial charge is 0.756 e. The van der Waals surface area contributed by atoms with Gasteiger partial charge in [0.05, 0.1) is 27.7 Å². The number of hydrogen-bond acceptors (Lipinski definition) is 8. The van der Waals surface area contributed by atoms with Gasteiger partial charge in [0.25, 0.3) is 7.82 Å². The van der Waals surface area contributed by atoms with E-state index in [9.17, 15) is 19.0 Å². The SMILES string of the molecule is CCCCCCC/C=C\C/C=C\CCCCCCCCCCCCCCCCCCCCCCCCCCCCCCCC(=O)OC(COC(=O)CCCCCCCCCCCCCCCCCCCCC/C=C\CCCCCCCCCC)COP(=O)([O-])OCC[N+](C)(C)C. The summed E-state index contributed by atoms with van der Waals surface area (Å²) in [6.07, 6.45) is 102. The number of nitrogens with zero attached hydrogens (tertiary/aromatic N) is 1. The van der Waals surface area contributed by atoms with Gasteiger partial charge in [-0.25, -0.2) is 0 Å². The summed E-state index contributed by atoms with van der Waals surface area (Å²) in [5.74, 6) is -0.805. The Morgan fingerprint density at radius 1 is 0.323 bits per heavy atom. The quantitative estimate of drug-likeness (QED) is 0.0195. The smallest absolute Gasteiger partial charge is 0.306 e. The number of phosphoric acid groups is 1. The molecule has 10 heteroatoms. The van der Waals surface area contributed by atoms with E-state index in [0.717, 1.165) is 38.5 Å². The van der Waals surface area contributed by atoms with E-state index in [1.807, 2.05) is 21.1 Å². The molecular weight excluding hydrogens is 1210 g/mol. The van der Waals surface area contributed by atoms with Gasteiger partial charge < -0.3 is 27.9 Å². The van der Waals surface area contributed by atoms with Gasteiger partial charge in [0.1, 0.15) is 19.8 Å². The van der Waals surface area contributed by atoms with Crippen LogP contribution in [0.2, 0.25) is 0 Å². The Morgan fingerprint density at radius 2 is 0.562 bits per heavy atom. The number of phosphoric ester groups is 1. The molecule has 0 aromatic rings. The topological polar surface area (TPSA) is 111 Å². The van der Waals surface area contributed by atoms with Crippen LogP contribution in [0.15, 0.2) is 36.5 Å². The number of unbranched alkanes of at least 4 members (excludes halogenated alkanes) is 61. The van der Waals surface area contributed by atoms with Crippen molar-refractivity contribution in [3.63, 3.8) is 0 Å². The van der Waals surface area contributed by atoms with Crippen molar-refractivity contribution >= 4 is 19.8 Å². The molecule has 0 aromatic carbocycles. The second-order valence-corrected chi connectivity index (χ2v) is 32.0. The van der Waals surface area contributed by atoms with E-state index in [1.54, 1.807) is 0 Å². The fraction of sp³-hybridized carbons (Fsp3) is 0.907. The molecule has 0 bridgehead atoms. The molecule has 2 unspecified atom stereocenters. The van der Waals surface area contributed by atoms with E-state index in [0.29, 0.717) is 17.4 Å². The Bertz CT molecular complexity index is 1710. The van der Waals surface area contributed by atoms with Crippen molar-refractivity contribution < 1.29 is 42.1 Å². The first-order valence-corrected chi connectivity index (χ1v) is 44.2. The Balaban J connectivity index is 3.85. The van der Waals surface area contributed by atoms with E-state index in [4.69, 9.17) is 18.5 Å². The van der Waals surface area contributed by atoms with E-state index < -0.39 is 26.5 Å². The second-order valence-electron chi connectivity index (χ2n) is 30.5. The minimum absolute atomic E-state index is 0.0267. The standard InChI is InChI=1S/C86H166NO8P/c1-6-8-10-12-14-16-18-20-22-24-26-28-30-32-34-36-38-39-40-41-42-43-44-45-46-47-49-51-53-55-57-59-61-63-65-67-69-71-73-75-77-79-86(89)95-84(83-94-96(90,91)93-81-80-87(3,4)5)82-92-85(88)78-76-74-72-70-68-66-64-62-60-58-56-54-52-50-48-37-35-33-31-29-27-25-23-21-19-17-15-13-11-9-7-2/h18,20,24-27,84H,6-17,19,21-23,28-83H2,1-5H3/b20-18-,26-24-,27-25-. The van der Waals surface area contributed by atoms with Crippen LogP contribution in [0.1, 0.15) is 450 Å². The van der Waals surface area contributed by atoms with Gasteiger partial charge >= 0.3 is 11.9 Å². The summed E-state index contributed by atoms with van der Waals surface area (Å²) in [7, 11) is 1.19. The van der Waals surface area contributed by atoms with Crippen LogP contribution in [0, 0.1) is 0 Å². The highest BCUT2D eigenvalue weighted by Crippen LogP contribution is 2.38. The van der Waals surface area contributed by atoms with Crippen LogP contribution in [0.5, 0.6) is 0 Å². The summed E-state index contributed by atoms with van der Waals surface area (Å²) in [6.45, 7) is 4.32. The molecule has 0 saturated heterocycles. The molecule has 0 N–H and O–H groups in total. The van der Waals surface area contributed by atoms with Gasteiger partial charge in [-0.2, -0.15) is 0 Å². The molecule has 0 spiro atoms. The van der Waals surface area contributed by atoms with Crippen molar-refractivity contribution in [1.29, 1.82) is 0 Å². The molecule has 9 nitrogen and oxygen atoms in total. The van der Waals surface area contributed by atoms with Crippen molar-refractivity contribution in [2.45, 2.75) is 457 Å². The average Bonchev–Trinajstić information content (AvgIpc) is 2.54. The minimum atomic E-state index is -4.64. The maximum Gasteiger partial charge on any atom is 0.306 e. The third-order valence-corrected chi connectivity index (χ3v) is 20.6. The predicted octanol–water partition coefficient (Wildman–Crippen LogP) is 27.9. The van der Waals surface area contributed by atoms with Crippen LogP contribution in [-0.2, 0) is 32.7 Å². The molecule has 96 heavy (non-hydrogen) atoms. The molecule has 0 aromatic heterocycles. The average molecular weight is 1370 g/mol.